The Kier molecular flexibility index (Phi) is 4.19. The van der Waals surface area contributed by atoms with Gasteiger partial charge in [-0.25, -0.2) is 0 Å². The van der Waals surface area contributed by atoms with Crippen LogP contribution in [-0.4, -0.2) is 40.9 Å². The highest BCUT2D eigenvalue weighted by molar-refractivity contribution is 5.27. The fraction of sp³-hybridized carbons (Fsp3) is 0.526. The van der Waals surface area contributed by atoms with Crippen molar-refractivity contribution in [1.82, 2.24) is 20.0 Å². The van der Waals surface area contributed by atoms with Gasteiger partial charge in [0.1, 0.15) is 0 Å². The van der Waals surface area contributed by atoms with E-state index in [2.05, 4.69) is 39.6 Å². The second-order valence-electron chi connectivity index (χ2n) is 7.21. The Labute approximate surface area is 138 Å². The highest BCUT2D eigenvalue weighted by Crippen LogP contribution is 2.37. The Hall–Kier alpha value is -1.65. The van der Waals surface area contributed by atoms with Crippen LogP contribution in [0.5, 0.6) is 0 Å². The van der Waals surface area contributed by atoms with Gasteiger partial charge in [-0.1, -0.05) is 24.3 Å². The summed E-state index contributed by atoms with van der Waals surface area (Å²) < 4.78 is 2.01. The lowest BCUT2D eigenvalue weighted by molar-refractivity contribution is 0.199. The lowest BCUT2D eigenvalue weighted by atomic mass is 9.80. The maximum atomic E-state index is 4.35. The summed E-state index contributed by atoms with van der Waals surface area (Å²) in [6, 6.07) is 10.8. The number of piperidine rings is 1. The highest BCUT2D eigenvalue weighted by atomic mass is 15.3. The van der Waals surface area contributed by atoms with Gasteiger partial charge in [0.25, 0.3) is 0 Å². The van der Waals surface area contributed by atoms with Crippen molar-refractivity contribution in [3.05, 3.63) is 53.9 Å². The van der Waals surface area contributed by atoms with Gasteiger partial charge in [0.2, 0.25) is 0 Å². The summed E-state index contributed by atoms with van der Waals surface area (Å²) in [4.78, 5) is 2.65. The molecule has 4 rings (SSSR count). The molecule has 4 heteroatoms. The molecule has 23 heavy (non-hydrogen) atoms. The fourth-order valence-corrected chi connectivity index (χ4v) is 4.22. The Bertz CT molecular complexity index is 629. The van der Waals surface area contributed by atoms with Gasteiger partial charge >= 0.3 is 0 Å². The molecule has 0 saturated carbocycles. The molecule has 0 aliphatic carbocycles. The molecule has 0 unspecified atom stereocenters. The quantitative estimate of drug-likeness (QED) is 0.942. The Morgan fingerprint density at radius 2 is 1.96 bits per heavy atom. The van der Waals surface area contributed by atoms with E-state index < -0.39 is 0 Å². The third kappa shape index (κ3) is 3.33. The Balaban J connectivity index is 1.45. The molecule has 2 fully saturated rings. The van der Waals surface area contributed by atoms with Crippen molar-refractivity contribution in [3.8, 4) is 0 Å². The van der Waals surface area contributed by atoms with E-state index in [9.17, 15) is 0 Å². The molecule has 1 aromatic carbocycles. The number of hydrogen-bond acceptors (Lipinski definition) is 3. The summed E-state index contributed by atoms with van der Waals surface area (Å²) >= 11 is 0. The van der Waals surface area contributed by atoms with Crippen LogP contribution in [0.15, 0.2) is 42.7 Å². The third-order valence-corrected chi connectivity index (χ3v) is 5.48. The minimum absolute atomic E-state index is 0.537. The van der Waals surface area contributed by atoms with Crippen molar-refractivity contribution in [2.24, 2.45) is 5.41 Å². The van der Waals surface area contributed by atoms with E-state index in [4.69, 9.17) is 0 Å². The molecule has 122 valence electrons. The number of nitrogens with one attached hydrogen (secondary N) is 1. The molecule has 2 aliphatic heterocycles. The summed E-state index contributed by atoms with van der Waals surface area (Å²) in [5.41, 5.74) is 3.37. The summed E-state index contributed by atoms with van der Waals surface area (Å²) in [6.07, 6.45) is 7.97. The summed E-state index contributed by atoms with van der Waals surface area (Å²) in [7, 11) is 0. The van der Waals surface area contributed by atoms with Crippen LogP contribution >= 0.6 is 0 Å². The molecule has 1 N–H and O–H groups in total. The van der Waals surface area contributed by atoms with Crippen LogP contribution in [0, 0.1) is 5.41 Å². The van der Waals surface area contributed by atoms with Gasteiger partial charge in [0.05, 0.1) is 6.54 Å². The number of nitrogens with zero attached hydrogens (tertiary/aromatic N) is 3. The maximum Gasteiger partial charge on any atom is 0.0662 e. The normalized spacial score (nSPS) is 25.2. The predicted octanol–water partition coefficient (Wildman–Crippen LogP) is 2.51. The van der Waals surface area contributed by atoms with Gasteiger partial charge in [-0.2, -0.15) is 5.10 Å². The molecule has 2 saturated heterocycles. The molecule has 2 aliphatic rings. The molecule has 3 heterocycles. The van der Waals surface area contributed by atoms with Gasteiger partial charge in [-0.3, -0.25) is 9.58 Å². The van der Waals surface area contributed by atoms with Crippen molar-refractivity contribution in [2.75, 3.05) is 26.2 Å². The molecule has 0 bridgehead atoms. The zero-order chi connectivity index (χ0) is 15.5. The molecule has 1 atom stereocenters. The number of benzene rings is 1. The van der Waals surface area contributed by atoms with Crippen LogP contribution < -0.4 is 5.32 Å². The van der Waals surface area contributed by atoms with Crippen molar-refractivity contribution >= 4 is 0 Å². The molecule has 4 nitrogen and oxygen atoms in total. The highest BCUT2D eigenvalue weighted by Gasteiger charge is 2.38. The van der Waals surface area contributed by atoms with Crippen LogP contribution in [-0.2, 0) is 13.1 Å². The van der Waals surface area contributed by atoms with E-state index in [1.807, 2.05) is 23.1 Å². The first-order chi connectivity index (χ1) is 11.3. The second kappa shape index (κ2) is 6.46. The SMILES string of the molecule is c1ccc(Cn2cccn2)c(CN2CC[C@@]3(CCCNC3)C2)c1. The van der Waals surface area contributed by atoms with Crippen LogP contribution in [0.2, 0.25) is 0 Å². The van der Waals surface area contributed by atoms with E-state index in [0.29, 0.717) is 5.41 Å². The lowest BCUT2D eigenvalue weighted by Gasteiger charge is -2.34. The van der Waals surface area contributed by atoms with Crippen LogP contribution in [0.25, 0.3) is 0 Å². The van der Waals surface area contributed by atoms with E-state index >= 15 is 0 Å². The van der Waals surface area contributed by atoms with E-state index in [1.54, 1.807) is 0 Å². The molecular weight excluding hydrogens is 284 g/mol. The van der Waals surface area contributed by atoms with Crippen LogP contribution in [0.1, 0.15) is 30.4 Å². The minimum Gasteiger partial charge on any atom is -0.316 e. The van der Waals surface area contributed by atoms with Crippen molar-refractivity contribution in [3.63, 3.8) is 0 Å². The van der Waals surface area contributed by atoms with Gasteiger partial charge in [0, 0.05) is 32.0 Å². The standard InChI is InChI=1S/C19H26N4/c1-2-6-18(14-23-11-4-10-21-23)17(5-1)13-22-12-8-19(16-22)7-3-9-20-15-19/h1-2,4-6,10-11,20H,3,7-9,12-16H2/t19-/m1/s1. The van der Waals surface area contributed by atoms with E-state index in [0.717, 1.165) is 13.1 Å². The van der Waals surface area contributed by atoms with Crippen LogP contribution in [0.3, 0.4) is 0 Å². The zero-order valence-electron chi connectivity index (χ0n) is 13.7. The van der Waals surface area contributed by atoms with Crippen molar-refractivity contribution < 1.29 is 0 Å². The molecule has 2 aromatic rings. The molecule has 1 spiro atoms. The molecule has 0 amide bonds. The third-order valence-electron chi connectivity index (χ3n) is 5.48. The van der Waals surface area contributed by atoms with Gasteiger partial charge in [-0.05, 0) is 55.0 Å². The fourth-order valence-electron chi connectivity index (χ4n) is 4.22. The Morgan fingerprint density at radius 3 is 2.70 bits per heavy atom. The monoisotopic (exact) mass is 310 g/mol. The maximum absolute atomic E-state index is 4.35. The number of likely N-dealkylation sites (tertiary alicyclic amines) is 1. The first kappa shape index (κ1) is 14.9. The molecule has 0 radical (unpaired) electrons. The van der Waals surface area contributed by atoms with Crippen molar-refractivity contribution in [2.45, 2.75) is 32.4 Å². The summed E-state index contributed by atoms with van der Waals surface area (Å²) in [6.45, 7) is 6.82. The zero-order valence-corrected chi connectivity index (χ0v) is 13.7. The minimum atomic E-state index is 0.537. The first-order valence-electron chi connectivity index (χ1n) is 8.80. The van der Waals surface area contributed by atoms with Gasteiger partial charge in [0.15, 0.2) is 0 Å². The summed E-state index contributed by atoms with van der Waals surface area (Å²) in [5.74, 6) is 0. The number of aromatic nitrogens is 2. The molecule has 1 aromatic heterocycles. The summed E-state index contributed by atoms with van der Waals surface area (Å²) in [5, 5.41) is 7.95. The largest absolute Gasteiger partial charge is 0.316 e. The van der Waals surface area contributed by atoms with E-state index in [-0.39, 0.29) is 0 Å². The topological polar surface area (TPSA) is 33.1 Å². The van der Waals surface area contributed by atoms with Gasteiger partial charge in [-0.15, -0.1) is 0 Å². The predicted molar refractivity (Wildman–Crippen MR) is 92.2 cm³/mol. The first-order valence-corrected chi connectivity index (χ1v) is 8.80. The second-order valence-corrected chi connectivity index (χ2v) is 7.21. The average molecular weight is 310 g/mol. The average Bonchev–Trinajstić information content (AvgIpc) is 3.21. The van der Waals surface area contributed by atoms with E-state index in [1.165, 1.54) is 56.6 Å². The van der Waals surface area contributed by atoms with Gasteiger partial charge < -0.3 is 5.32 Å². The van der Waals surface area contributed by atoms with Crippen molar-refractivity contribution in [1.29, 1.82) is 0 Å². The van der Waals surface area contributed by atoms with Crippen LogP contribution in [0.4, 0.5) is 0 Å². The lowest BCUT2D eigenvalue weighted by Crippen LogP contribution is -2.41. The smallest absolute Gasteiger partial charge is 0.0662 e. The molecular formula is C19H26N4. The number of rotatable bonds is 4. The number of hydrogen-bond donors (Lipinski definition) is 1. The Morgan fingerprint density at radius 1 is 1.09 bits per heavy atom.